The lowest BCUT2D eigenvalue weighted by Gasteiger charge is -2.17. The molecule has 0 aliphatic carbocycles. The largest absolute Gasteiger partial charge is 0.390 e. The number of hydrogen-bond acceptors (Lipinski definition) is 4. The Balaban J connectivity index is 2.76. The molecule has 6 nitrogen and oxygen atoms in total. The second-order valence-electron chi connectivity index (χ2n) is 3.28. The van der Waals surface area contributed by atoms with Crippen LogP contribution in [-0.2, 0) is 0 Å². The Morgan fingerprint density at radius 1 is 1.59 bits per heavy atom. The quantitative estimate of drug-likeness (QED) is 0.366. The highest BCUT2D eigenvalue weighted by atomic mass is 35.5. The molecule has 0 saturated heterocycles. The molecule has 0 amide bonds. The van der Waals surface area contributed by atoms with Gasteiger partial charge in [-0.1, -0.05) is 16.7 Å². The zero-order chi connectivity index (χ0) is 12.8. The van der Waals surface area contributed by atoms with Crippen molar-refractivity contribution in [1.29, 1.82) is 0 Å². The van der Waals surface area contributed by atoms with Crippen molar-refractivity contribution < 1.29 is 14.6 Å². The maximum absolute atomic E-state index is 13.3. The Bertz CT molecular complexity index is 439. The van der Waals surface area contributed by atoms with E-state index in [9.17, 15) is 14.6 Å². The third-order valence-corrected chi connectivity index (χ3v) is 2.33. The number of nitrogens with zero attached hydrogens (tertiary/aromatic N) is 4. The van der Waals surface area contributed by atoms with E-state index >= 15 is 0 Å². The standard InChI is InChI=1S/C9H10ClFN4O2/c10-8-3-5(6(11)4-13-8)9(17)7(16)1-2-14-15-12/h3-4,7,9,16-17H,1-2H2. The van der Waals surface area contributed by atoms with E-state index in [1.165, 1.54) is 0 Å². The molecule has 8 heteroatoms. The van der Waals surface area contributed by atoms with E-state index in [4.69, 9.17) is 17.1 Å². The first-order valence-electron chi connectivity index (χ1n) is 4.74. The average Bonchev–Trinajstić information content (AvgIpc) is 2.31. The van der Waals surface area contributed by atoms with Gasteiger partial charge < -0.3 is 10.2 Å². The summed E-state index contributed by atoms with van der Waals surface area (Å²) >= 11 is 5.56. The summed E-state index contributed by atoms with van der Waals surface area (Å²) in [6.07, 6.45) is -1.80. The summed E-state index contributed by atoms with van der Waals surface area (Å²) in [6.45, 7) is 0.00909. The molecule has 0 saturated carbocycles. The minimum Gasteiger partial charge on any atom is -0.390 e. The van der Waals surface area contributed by atoms with E-state index in [1.807, 2.05) is 0 Å². The molecule has 0 aromatic carbocycles. The van der Waals surface area contributed by atoms with Gasteiger partial charge in [-0.25, -0.2) is 9.37 Å². The number of aromatic nitrogens is 1. The SMILES string of the molecule is [N-]=[N+]=NCCC(O)C(O)c1cc(Cl)ncc1F. The van der Waals surface area contributed by atoms with Crippen LogP contribution in [0.4, 0.5) is 4.39 Å². The van der Waals surface area contributed by atoms with Gasteiger partial charge in [0, 0.05) is 17.0 Å². The van der Waals surface area contributed by atoms with Gasteiger partial charge in [-0.2, -0.15) is 0 Å². The fourth-order valence-corrected chi connectivity index (χ4v) is 1.42. The first kappa shape index (κ1) is 13.7. The Morgan fingerprint density at radius 2 is 2.29 bits per heavy atom. The topological polar surface area (TPSA) is 102 Å². The predicted octanol–water partition coefficient (Wildman–Crippen LogP) is 1.97. The molecule has 0 radical (unpaired) electrons. The van der Waals surface area contributed by atoms with Crippen molar-refractivity contribution in [2.75, 3.05) is 6.54 Å². The lowest BCUT2D eigenvalue weighted by Crippen LogP contribution is -2.20. The monoisotopic (exact) mass is 260 g/mol. The van der Waals surface area contributed by atoms with Gasteiger partial charge in [-0.15, -0.1) is 0 Å². The molecule has 2 N–H and O–H groups in total. The van der Waals surface area contributed by atoms with Gasteiger partial charge in [0.2, 0.25) is 0 Å². The number of rotatable bonds is 5. The highest BCUT2D eigenvalue weighted by Crippen LogP contribution is 2.23. The number of pyridine rings is 1. The van der Waals surface area contributed by atoms with Gasteiger partial charge in [0.05, 0.1) is 12.3 Å². The van der Waals surface area contributed by atoms with Crippen LogP contribution in [0.25, 0.3) is 10.4 Å². The molecule has 92 valence electrons. The van der Waals surface area contributed by atoms with Gasteiger partial charge in [-0.05, 0) is 18.0 Å². The summed E-state index contributed by atoms with van der Waals surface area (Å²) in [4.78, 5) is 5.99. The third-order valence-electron chi connectivity index (χ3n) is 2.12. The van der Waals surface area contributed by atoms with Crippen molar-refractivity contribution in [3.8, 4) is 0 Å². The molecular weight excluding hydrogens is 251 g/mol. The summed E-state index contributed by atoms with van der Waals surface area (Å²) < 4.78 is 13.3. The van der Waals surface area contributed by atoms with E-state index < -0.39 is 18.0 Å². The van der Waals surface area contributed by atoms with Crippen molar-refractivity contribution in [3.63, 3.8) is 0 Å². The van der Waals surface area contributed by atoms with Gasteiger partial charge in [-0.3, -0.25) is 0 Å². The Hall–Kier alpha value is -1.40. The zero-order valence-electron chi connectivity index (χ0n) is 8.66. The summed E-state index contributed by atoms with van der Waals surface area (Å²) in [6, 6.07) is 1.14. The smallest absolute Gasteiger partial charge is 0.147 e. The Kier molecular flexibility index (Phi) is 5.11. The molecule has 1 heterocycles. The molecule has 1 aromatic heterocycles. The van der Waals surface area contributed by atoms with Crippen LogP contribution in [-0.4, -0.2) is 27.8 Å². The Labute approximate surface area is 101 Å². The molecule has 0 aliphatic heterocycles. The highest BCUT2D eigenvalue weighted by molar-refractivity contribution is 6.29. The van der Waals surface area contributed by atoms with E-state index in [2.05, 4.69) is 15.0 Å². The minimum absolute atomic E-state index is 0.00909. The summed E-state index contributed by atoms with van der Waals surface area (Å²) in [5.74, 6) is -0.760. The number of aliphatic hydroxyl groups excluding tert-OH is 2. The van der Waals surface area contributed by atoms with E-state index in [1.54, 1.807) is 0 Å². The normalized spacial score (nSPS) is 13.9. The summed E-state index contributed by atoms with van der Waals surface area (Å²) in [5, 5.41) is 22.5. The molecule has 2 unspecified atom stereocenters. The van der Waals surface area contributed by atoms with Crippen molar-refractivity contribution in [2.45, 2.75) is 18.6 Å². The van der Waals surface area contributed by atoms with Crippen molar-refractivity contribution in [1.82, 2.24) is 4.98 Å². The summed E-state index contributed by atoms with van der Waals surface area (Å²) in [7, 11) is 0. The lowest BCUT2D eigenvalue weighted by molar-refractivity contribution is 0.0129. The molecule has 0 aliphatic rings. The fraction of sp³-hybridized carbons (Fsp3) is 0.444. The zero-order valence-corrected chi connectivity index (χ0v) is 9.42. The van der Waals surface area contributed by atoms with Crippen LogP contribution >= 0.6 is 11.6 Å². The Morgan fingerprint density at radius 3 is 2.94 bits per heavy atom. The van der Waals surface area contributed by atoms with Gasteiger partial charge >= 0.3 is 0 Å². The fourth-order valence-electron chi connectivity index (χ4n) is 1.25. The lowest BCUT2D eigenvalue weighted by atomic mass is 10.0. The van der Waals surface area contributed by atoms with Crippen molar-refractivity contribution in [3.05, 3.63) is 39.2 Å². The third kappa shape index (κ3) is 3.83. The molecule has 1 aromatic rings. The van der Waals surface area contributed by atoms with Crippen LogP contribution in [0.3, 0.4) is 0 Å². The molecule has 17 heavy (non-hydrogen) atoms. The maximum atomic E-state index is 13.3. The highest BCUT2D eigenvalue weighted by Gasteiger charge is 2.21. The molecule has 1 rings (SSSR count). The van der Waals surface area contributed by atoms with E-state index in [0.717, 1.165) is 12.3 Å². The van der Waals surface area contributed by atoms with Crippen LogP contribution in [0.2, 0.25) is 5.15 Å². The molecule has 0 spiro atoms. The number of hydrogen-bond donors (Lipinski definition) is 2. The second-order valence-corrected chi connectivity index (χ2v) is 3.67. The first-order valence-corrected chi connectivity index (χ1v) is 5.12. The average molecular weight is 261 g/mol. The van der Waals surface area contributed by atoms with Crippen LogP contribution in [0, 0.1) is 5.82 Å². The predicted molar refractivity (Wildman–Crippen MR) is 58.8 cm³/mol. The molecular formula is C9H10ClFN4O2. The number of aliphatic hydroxyl groups is 2. The number of azide groups is 1. The van der Waals surface area contributed by atoms with Gasteiger partial charge in [0.25, 0.3) is 0 Å². The number of halogens is 2. The summed E-state index contributed by atoms with van der Waals surface area (Å²) in [5.41, 5.74) is 7.90. The first-order chi connectivity index (χ1) is 8.06. The second kappa shape index (κ2) is 6.36. The van der Waals surface area contributed by atoms with Crippen LogP contribution in [0.1, 0.15) is 18.1 Å². The molecule has 2 atom stereocenters. The van der Waals surface area contributed by atoms with Crippen LogP contribution in [0.5, 0.6) is 0 Å². The van der Waals surface area contributed by atoms with E-state index in [0.29, 0.717) is 0 Å². The van der Waals surface area contributed by atoms with Crippen molar-refractivity contribution in [2.24, 2.45) is 5.11 Å². The minimum atomic E-state index is -1.44. The van der Waals surface area contributed by atoms with E-state index in [-0.39, 0.29) is 23.7 Å². The van der Waals surface area contributed by atoms with Crippen LogP contribution in [0.15, 0.2) is 17.4 Å². The van der Waals surface area contributed by atoms with Gasteiger partial charge in [0.15, 0.2) is 0 Å². The van der Waals surface area contributed by atoms with Gasteiger partial charge in [0.1, 0.15) is 17.1 Å². The molecule has 0 bridgehead atoms. The molecule has 0 fully saturated rings. The van der Waals surface area contributed by atoms with Crippen molar-refractivity contribution >= 4 is 11.6 Å². The maximum Gasteiger partial charge on any atom is 0.147 e. The van der Waals surface area contributed by atoms with Crippen LogP contribution < -0.4 is 0 Å².